The molecule has 0 fully saturated rings. The van der Waals surface area contributed by atoms with Crippen LogP contribution < -0.4 is 15.8 Å². The first-order valence-electron chi connectivity index (χ1n) is 13.9. The molecule has 212 valence electrons. The summed E-state index contributed by atoms with van der Waals surface area (Å²) in [5.41, 5.74) is 10.2. The maximum absolute atomic E-state index is 13.2. The van der Waals surface area contributed by atoms with Gasteiger partial charge in [-0.1, -0.05) is 52.2 Å². The first-order chi connectivity index (χ1) is 18.0. The van der Waals surface area contributed by atoms with Gasteiger partial charge in [0.05, 0.1) is 19.3 Å². The fourth-order valence-corrected chi connectivity index (χ4v) is 5.05. The lowest BCUT2D eigenvalue weighted by Crippen LogP contribution is -2.33. The molecular weight excluding hydrogens is 484 g/mol. The molecule has 1 heterocycles. The number of urea groups is 1. The summed E-state index contributed by atoms with van der Waals surface area (Å²) in [5.74, 6) is 0.651. The highest BCUT2D eigenvalue weighted by Crippen LogP contribution is 2.46. The molecule has 2 atom stereocenters. The molecule has 1 aromatic rings. The number of unbranched alkanes of at least 4 members (excludes halogenated alkanes) is 1. The van der Waals surface area contributed by atoms with E-state index in [1.807, 2.05) is 13.8 Å². The Hall–Kier alpha value is -3.03. The number of carbonyl (C=O) groups is 3. The SMILES string of the molecule is CCCCC(CC)c1c(C/C=C(\C)CCC(=O)OCCC(C)C)c(OC)c(C)c2c1C(=O)OC2NC(N)=O. The minimum absolute atomic E-state index is 0.123. The van der Waals surface area contributed by atoms with Gasteiger partial charge in [0.15, 0.2) is 0 Å². The third kappa shape index (κ3) is 7.98. The van der Waals surface area contributed by atoms with Crippen LogP contribution in [-0.4, -0.2) is 31.7 Å². The quantitative estimate of drug-likeness (QED) is 0.201. The largest absolute Gasteiger partial charge is 0.496 e. The standard InChI is InChI=1S/C30H46N2O6/c1-8-10-11-21(9-2)25-22(14-12-19(5)13-15-23(33)37-17-16-18(3)4)27(36-7)20(6)24-26(25)29(34)38-28(24)32-30(31)35/h12,18,21,28H,8-11,13-17H2,1-7H3,(H3,31,32,35)/b19-12+. The van der Waals surface area contributed by atoms with Crippen molar-refractivity contribution in [1.29, 1.82) is 0 Å². The molecule has 0 spiro atoms. The number of cyclic esters (lactones) is 1. The van der Waals surface area contributed by atoms with Crippen molar-refractivity contribution in [2.24, 2.45) is 11.7 Å². The average molecular weight is 531 g/mol. The number of allylic oxidation sites excluding steroid dienone is 2. The van der Waals surface area contributed by atoms with Gasteiger partial charge in [-0.2, -0.15) is 0 Å². The van der Waals surface area contributed by atoms with Gasteiger partial charge in [0, 0.05) is 23.1 Å². The third-order valence-corrected chi connectivity index (χ3v) is 7.19. The molecule has 0 aliphatic carbocycles. The van der Waals surface area contributed by atoms with Crippen LogP contribution in [0.2, 0.25) is 0 Å². The summed E-state index contributed by atoms with van der Waals surface area (Å²) in [7, 11) is 1.62. The van der Waals surface area contributed by atoms with E-state index >= 15 is 0 Å². The van der Waals surface area contributed by atoms with Gasteiger partial charge in [0.2, 0.25) is 6.23 Å². The smallest absolute Gasteiger partial charge is 0.341 e. The zero-order valence-corrected chi connectivity index (χ0v) is 24.2. The van der Waals surface area contributed by atoms with Crippen molar-refractivity contribution in [3.8, 4) is 5.75 Å². The van der Waals surface area contributed by atoms with E-state index in [4.69, 9.17) is 19.9 Å². The highest BCUT2D eigenvalue weighted by atomic mass is 16.6. The van der Waals surface area contributed by atoms with Crippen LogP contribution >= 0.6 is 0 Å². The Morgan fingerprint density at radius 1 is 1.18 bits per heavy atom. The fourth-order valence-electron chi connectivity index (χ4n) is 5.05. The van der Waals surface area contributed by atoms with E-state index in [-0.39, 0.29) is 11.9 Å². The first-order valence-corrected chi connectivity index (χ1v) is 13.9. The predicted molar refractivity (Wildman–Crippen MR) is 148 cm³/mol. The van der Waals surface area contributed by atoms with Crippen LogP contribution in [0.3, 0.4) is 0 Å². The van der Waals surface area contributed by atoms with Crippen LogP contribution in [0.25, 0.3) is 0 Å². The molecule has 3 N–H and O–H groups in total. The number of methoxy groups -OCH3 is 1. The first kappa shape index (κ1) is 31.2. The topological polar surface area (TPSA) is 117 Å². The van der Waals surface area contributed by atoms with E-state index in [9.17, 15) is 14.4 Å². The van der Waals surface area contributed by atoms with Gasteiger partial charge in [-0.15, -0.1) is 0 Å². The van der Waals surface area contributed by atoms with Gasteiger partial charge in [-0.05, 0) is 63.4 Å². The summed E-state index contributed by atoms with van der Waals surface area (Å²) in [5, 5.41) is 2.55. The number of primary amides is 1. The van der Waals surface area contributed by atoms with Crippen LogP contribution in [0, 0.1) is 12.8 Å². The Bertz CT molecular complexity index is 1030. The Morgan fingerprint density at radius 3 is 2.47 bits per heavy atom. The Labute approximate surface area is 227 Å². The average Bonchev–Trinajstić information content (AvgIpc) is 3.17. The summed E-state index contributed by atoms with van der Waals surface area (Å²) in [6.45, 7) is 12.8. The Kier molecular flexibility index (Phi) is 12.1. The lowest BCUT2D eigenvalue weighted by Gasteiger charge is -2.25. The number of ether oxygens (including phenoxy) is 3. The van der Waals surface area contributed by atoms with Crippen LogP contribution in [0.1, 0.15) is 124 Å². The van der Waals surface area contributed by atoms with Gasteiger partial charge in [0.1, 0.15) is 5.75 Å². The van der Waals surface area contributed by atoms with Crippen molar-refractivity contribution < 1.29 is 28.6 Å². The number of hydrogen-bond acceptors (Lipinski definition) is 6. The number of nitrogens with two attached hydrogens (primary N) is 1. The number of fused-ring (bicyclic) bond motifs is 1. The molecule has 2 rings (SSSR count). The zero-order valence-electron chi connectivity index (χ0n) is 24.2. The fraction of sp³-hybridized carbons (Fsp3) is 0.633. The number of carbonyl (C=O) groups excluding carboxylic acids is 3. The van der Waals surface area contributed by atoms with Crippen molar-refractivity contribution in [2.45, 2.75) is 105 Å². The van der Waals surface area contributed by atoms with E-state index in [1.165, 1.54) is 0 Å². The Morgan fingerprint density at radius 2 is 1.89 bits per heavy atom. The molecule has 0 saturated heterocycles. The number of esters is 2. The van der Waals surface area contributed by atoms with Crippen molar-refractivity contribution in [3.63, 3.8) is 0 Å². The third-order valence-electron chi connectivity index (χ3n) is 7.19. The molecule has 0 saturated carbocycles. The maximum atomic E-state index is 13.2. The van der Waals surface area contributed by atoms with Gasteiger partial charge < -0.3 is 19.9 Å². The molecule has 1 aliphatic heterocycles. The highest BCUT2D eigenvalue weighted by Gasteiger charge is 2.40. The van der Waals surface area contributed by atoms with E-state index < -0.39 is 18.2 Å². The lowest BCUT2D eigenvalue weighted by atomic mass is 9.80. The highest BCUT2D eigenvalue weighted by molar-refractivity contribution is 5.98. The number of rotatable bonds is 15. The van der Waals surface area contributed by atoms with Gasteiger partial charge in [-0.25, -0.2) is 9.59 Å². The molecule has 1 aromatic carbocycles. The van der Waals surface area contributed by atoms with Crippen molar-refractivity contribution >= 4 is 18.0 Å². The second-order valence-corrected chi connectivity index (χ2v) is 10.5. The predicted octanol–water partition coefficient (Wildman–Crippen LogP) is 6.38. The van der Waals surface area contributed by atoms with Crippen LogP contribution in [0.5, 0.6) is 5.75 Å². The summed E-state index contributed by atoms with van der Waals surface area (Å²) in [4.78, 5) is 37.0. The summed E-state index contributed by atoms with van der Waals surface area (Å²) in [6.07, 6.45) is 7.31. The van der Waals surface area contributed by atoms with Crippen LogP contribution in [0.15, 0.2) is 11.6 Å². The molecule has 1 aliphatic rings. The second kappa shape index (κ2) is 14.8. The van der Waals surface area contributed by atoms with Gasteiger partial charge in [0.25, 0.3) is 0 Å². The lowest BCUT2D eigenvalue weighted by molar-refractivity contribution is -0.143. The van der Waals surface area contributed by atoms with Crippen molar-refractivity contribution in [3.05, 3.63) is 39.5 Å². The van der Waals surface area contributed by atoms with Gasteiger partial charge >= 0.3 is 18.0 Å². The number of benzene rings is 1. The number of amides is 2. The monoisotopic (exact) mass is 530 g/mol. The van der Waals surface area contributed by atoms with Gasteiger partial charge in [-0.3, -0.25) is 10.1 Å². The summed E-state index contributed by atoms with van der Waals surface area (Å²) >= 11 is 0. The van der Waals surface area contributed by atoms with Crippen LogP contribution in [0.4, 0.5) is 4.79 Å². The molecule has 2 amide bonds. The number of hydrogen-bond donors (Lipinski definition) is 2. The Balaban J connectivity index is 2.46. The van der Waals surface area contributed by atoms with E-state index in [1.54, 1.807) is 7.11 Å². The van der Waals surface area contributed by atoms with Crippen molar-refractivity contribution in [1.82, 2.24) is 5.32 Å². The minimum Gasteiger partial charge on any atom is -0.496 e. The molecule has 0 radical (unpaired) electrons. The molecule has 8 heteroatoms. The number of nitrogens with one attached hydrogen (secondary N) is 1. The minimum atomic E-state index is -0.945. The van der Waals surface area contributed by atoms with E-state index in [2.05, 4.69) is 39.1 Å². The molecule has 0 aromatic heterocycles. The molecular formula is C30H46N2O6. The second-order valence-electron chi connectivity index (χ2n) is 10.5. The van der Waals surface area contributed by atoms with E-state index in [0.29, 0.717) is 48.7 Å². The summed E-state index contributed by atoms with van der Waals surface area (Å²) < 4.78 is 16.8. The molecule has 8 nitrogen and oxygen atoms in total. The molecule has 2 unspecified atom stereocenters. The van der Waals surface area contributed by atoms with E-state index in [0.717, 1.165) is 54.4 Å². The molecule has 0 bridgehead atoms. The van der Waals surface area contributed by atoms with Crippen LogP contribution in [-0.2, 0) is 20.7 Å². The zero-order chi connectivity index (χ0) is 28.4. The summed E-state index contributed by atoms with van der Waals surface area (Å²) in [6, 6.07) is -0.765. The maximum Gasteiger partial charge on any atom is 0.341 e. The molecule has 38 heavy (non-hydrogen) atoms. The normalized spacial score (nSPS) is 15.7. The van der Waals surface area contributed by atoms with Crippen molar-refractivity contribution in [2.75, 3.05) is 13.7 Å².